The summed E-state index contributed by atoms with van der Waals surface area (Å²) in [7, 11) is 1.59. The van der Waals surface area contributed by atoms with Crippen molar-refractivity contribution in [1.29, 1.82) is 0 Å². The minimum Gasteiger partial charge on any atom is -0.497 e. The van der Waals surface area contributed by atoms with Gasteiger partial charge in [0.05, 0.1) is 7.11 Å². The first-order valence-corrected chi connectivity index (χ1v) is 8.84. The van der Waals surface area contributed by atoms with Crippen molar-refractivity contribution >= 4 is 23.3 Å². The zero-order valence-electron chi connectivity index (χ0n) is 15.2. The van der Waals surface area contributed by atoms with Gasteiger partial charge in [0.1, 0.15) is 11.9 Å². The second-order valence-corrected chi connectivity index (χ2v) is 6.23. The molecule has 2 aromatic carbocycles. The van der Waals surface area contributed by atoms with Crippen LogP contribution in [0.4, 0.5) is 16.2 Å². The molecule has 1 aliphatic heterocycles. The quantitative estimate of drug-likeness (QED) is 0.730. The zero-order valence-corrected chi connectivity index (χ0v) is 15.2. The fourth-order valence-electron chi connectivity index (χ4n) is 2.80. The molecule has 3 N–H and O–H groups in total. The Morgan fingerprint density at radius 1 is 1.11 bits per heavy atom. The highest BCUT2D eigenvalue weighted by Crippen LogP contribution is 2.17. The Morgan fingerprint density at radius 2 is 1.93 bits per heavy atom. The van der Waals surface area contributed by atoms with Crippen LogP contribution < -0.4 is 20.7 Å². The van der Waals surface area contributed by atoms with Crippen molar-refractivity contribution in [3.8, 4) is 5.75 Å². The topological polar surface area (TPSA) is 88.7 Å². The average Bonchev–Trinajstić information content (AvgIpc) is 3.22. The van der Waals surface area contributed by atoms with Crippen LogP contribution in [-0.4, -0.2) is 31.8 Å². The van der Waals surface area contributed by atoms with E-state index in [0.717, 1.165) is 24.2 Å². The van der Waals surface area contributed by atoms with Gasteiger partial charge in [0, 0.05) is 24.5 Å². The summed E-state index contributed by atoms with van der Waals surface area (Å²) >= 11 is 0. The second kappa shape index (κ2) is 9.05. The lowest BCUT2D eigenvalue weighted by Crippen LogP contribution is -2.28. The zero-order chi connectivity index (χ0) is 19.1. The third kappa shape index (κ3) is 5.46. The lowest BCUT2D eigenvalue weighted by atomic mass is 10.2. The number of amides is 3. The van der Waals surface area contributed by atoms with E-state index in [-0.39, 0.29) is 18.0 Å². The van der Waals surface area contributed by atoms with Gasteiger partial charge in [-0.15, -0.1) is 0 Å². The molecule has 0 unspecified atom stereocenters. The SMILES string of the molecule is COc1ccc(NC(=O)NCc2cccc(NC(=O)[C@@H]3CCCO3)c2)cc1. The van der Waals surface area contributed by atoms with Crippen molar-refractivity contribution in [3.05, 3.63) is 54.1 Å². The molecule has 0 saturated carbocycles. The third-order valence-corrected chi connectivity index (χ3v) is 4.22. The molecule has 0 aliphatic carbocycles. The van der Waals surface area contributed by atoms with Gasteiger partial charge >= 0.3 is 6.03 Å². The second-order valence-electron chi connectivity index (χ2n) is 6.23. The summed E-state index contributed by atoms with van der Waals surface area (Å²) in [6, 6.07) is 14.1. The van der Waals surface area contributed by atoms with Gasteiger partial charge in [0.15, 0.2) is 0 Å². The Bertz CT molecular complexity index is 786. The number of urea groups is 1. The minimum atomic E-state index is -0.373. The lowest BCUT2D eigenvalue weighted by Gasteiger charge is -2.12. The van der Waals surface area contributed by atoms with Crippen molar-refractivity contribution in [1.82, 2.24) is 5.32 Å². The van der Waals surface area contributed by atoms with E-state index in [1.807, 2.05) is 24.3 Å². The summed E-state index contributed by atoms with van der Waals surface area (Å²) < 4.78 is 10.5. The van der Waals surface area contributed by atoms with Gasteiger partial charge < -0.3 is 25.4 Å². The van der Waals surface area contributed by atoms with Crippen LogP contribution in [0.25, 0.3) is 0 Å². The monoisotopic (exact) mass is 369 g/mol. The van der Waals surface area contributed by atoms with Crippen molar-refractivity contribution < 1.29 is 19.1 Å². The number of hydrogen-bond donors (Lipinski definition) is 3. The Balaban J connectivity index is 1.49. The first-order valence-electron chi connectivity index (χ1n) is 8.84. The van der Waals surface area contributed by atoms with Crippen LogP contribution in [0.5, 0.6) is 5.75 Å². The van der Waals surface area contributed by atoms with Gasteiger partial charge in [-0.3, -0.25) is 4.79 Å². The number of carbonyl (C=O) groups excluding carboxylic acids is 2. The van der Waals surface area contributed by atoms with Crippen LogP contribution in [-0.2, 0) is 16.1 Å². The van der Waals surface area contributed by atoms with Gasteiger partial charge in [0.2, 0.25) is 0 Å². The van der Waals surface area contributed by atoms with Crippen molar-refractivity contribution in [2.45, 2.75) is 25.5 Å². The number of anilines is 2. The molecule has 0 spiro atoms. The van der Waals surface area contributed by atoms with E-state index >= 15 is 0 Å². The standard InChI is InChI=1S/C20H23N3O4/c1-26-17-9-7-15(8-10-17)23-20(25)21-13-14-4-2-5-16(12-14)22-19(24)18-6-3-11-27-18/h2,4-5,7-10,12,18H,3,6,11,13H2,1H3,(H,22,24)(H2,21,23,25)/t18-/m0/s1. The molecule has 1 aliphatic rings. The summed E-state index contributed by atoms with van der Waals surface area (Å²) in [6.07, 6.45) is 1.28. The van der Waals surface area contributed by atoms with E-state index in [9.17, 15) is 9.59 Å². The fourth-order valence-corrected chi connectivity index (χ4v) is 2.80. The van der Waals surface area contributed by atoms with E-state index in [2.05, 4.69) is 16.0 Å². The smallest absolute Gasteiger partial charge is 0.319 e. The van der Waals surface area contributed by atoms with Gasteiger partial charge in [-0.25, -0.2) is 4.79 Å². The first kappa shape index (κ1) is 18.7. The Morgan fingerprint density at radius 3 is 2.63 bits per heavy atom. The van der Waals surface area contributed by atoms with Crippen LogP contribution in [0.3, 0.4) is 0 Å². The number of hydrogen-bond acceptors (Lipinski definition) is 4. The Kier molecular flexibility index (Phi) is 6.27. The Labute approximate surface area is 158 Å². The summed E-state index contributed by atoms with van der Waals surface area (Å²) in [5.41, 5.74) is 2.24. The van der Waals surface area contributed by atoms with Crippen LogP contribution >= 0.6 is 0 Å². The molecule has 27 heavy (non-hydrogen) atoms. The normalized spacial score (nSPS) is 15.8. The van der Waals surface area contributed by atoms with Crippen LogP contribution in [0.2, 0.25) is 0 Å². The molecule has 1 fully saturated rings. The van der Waals surface area contributed by atoms with E-state index in [1.165, 1.54) is 0 Å². The molecular weight excluding hydrogens is 346 g/mol. The summed E-state index contributed by atoms with van der Waals surface area (Å²) in [4.78, 5) is 24.2. The maximum absolute atomic E-state index is 12.1. The lowest BCUT2D eigenvalue weighted by molar-refractivity contribution is -0.124. The predicted octanol–water partition coefficient (Wildman–Crippen LogP) is 3.13. The minimum absolute atomic E-state index is 0.130. The molecule has 1 saturated heterocycles. The van der Waals surface area contributed by atoms with E-state index < -0.39 is 0 Å². The van der Waals surface area contributed by atoms with Crippen LogP contribution in [0.15, 0.2) is 48.5 Å². The van der Waals surface area contributed by atoms with Gasteiger partial charge in [-0.2, -0.15) is 0 Å². The molecule has 7 heteroatoms. The molecule has 0 bridgehead atoms. The maximum atomic E-state index is 12.1. The summed E-state index contributed by atoms with van der Waals surface area (Å²) in [5, 5.41) is 8.41. The van der Waals surface area contributed by atoms with Crippen LogP contribution in [0, 0.1) is 0 Å². The maximum Gasteiger partial charge on any atom is 0.319 e. The first-order chi connectivity index (χ1) is 13.1. The number of methoxy groups -OCH3 is 1. The average molecular weight is 369 g/mol. The highest BCUT2D eigenvalue weighted by atomic mass is 16.5. The third-order valence-electron chi connectivity index (χ3n) is 4.22. The molecule has 3 amide bonds. The number of nitrogens with one attached hydrogen (secondary N) is 3. The molecule has 0 aromatic heterocycles. The van der Waals surface area contributed by atoms with Gasteiger partial charge in [-0.05, 0) is 54.8 Å². The largest absolute Gasteiger partial charge is 0.497 e. The number of benzene rings is 2. The molecule has 2 aromatic rings. The number of rotatable bonds is 6. The fraction of sp³-hybridized carbons (Fsp3) is 0.300. The van der Waals surface area contributed by atoms with Crippen molar-refractivity contribution in [3.63, 3.8) is 0 Å². The van der Waals surface area contributed by atoms with Crippen LogP contribution in [0.1, 0.15) is 18.4 Å². The molecule has 1 heterocycles. The van der Waals surface area contributed by atoms with E-state index in [0.29, 0.717) is 24.5 Å². The molecule has 0 radical (unpaired) electrons. The summed E-state index contributed by atoms with van der Waals surface area (Å²) in [6.45, 7) is 0.969. The molecule has 142 valence electrons. The Hall–Kier alpha value is -3.06. The molecular formula is C20H23N3O4. The van der Waals surface area contributed by atoms with Gasteiger partial charge in [-0.1, -0.05) is 12.1 Å². The number of carbonyl (C=O) groups is 2. The molecule has 1 atom stereocenters. The van der Waals surface area contributed by atoms with Crippen molar-refractivity contribution in [2.24, 2.45) is 0 Å². The highest BCUT2D eigenvalue weighted by molar-refractivity contribution is 5.94. The summed E-state index contributed by atoms with van der Waals surface area (Å²) in [5.74, 6) is 0.595. The number of ether oxygens (including phenoxy) is 2. The van der Waals surface area contributed by atoms with Crippen molar-refractivity contribution in [2.75, 3.05) is 24.4 Å². The molecule has 7 nitrogen and oxygen atoms in total. The molecule has 3 rings (SSSR count). The predicted molar refractivity (Wildman–Crippen MR) is 103 cm³/mol. The highest BCUT2D eigenvalue weighted by Gasteiger charge is 2.23. The van der Waals surface area contributed by atoms with E-state index in [1.54, 1.807) is 31.4 Å². The van der Waals surface area contributed by atoms with Gasteiger partial charge in [0.25, 0.3) is 5.91 Å². The van der Waals surface area contributed by atoms with E-state index in [4.69, 9.17) is 9.47 Å².